The fourth-order valence-electron chi connectivity index (χ4n) is 1.30. The molecule has 0 aromatic heterocycles. The van der Waals surface area contributed by atoms with Gasteiger partial charge in [0.25, 0.3) is 5.91 Å². The molecule has 17 heavy (non-hydrogen) atoms. The summed E-state index contributed by atoms with van der Waals surface area (Å²) in [5.74, 6) is -0.925. The molecular weight excluding hydrogens is 242 g/mol. The number of carbonyl (C=O) groups excluding carboxylic acids is 2. The van der Waals surface area contributed by atoms with Gasteiger partial charge in [-0.1, -0.05) is 35.9 Å². The molecular formula is C12H14ClNO3. The quantitative estimate of drug-likeness (QED) is 0.508. The Morgan fingerprint density at radius 3 is 2.65 bits per heavy atom. The highest BCUT2D eigenvalue weighted by Gasteiger charge is 2.13. The minimum absolute atomic E-state index is 0.315. The fraction of sp³-hybridized carbons (Fsp3) is 0.333. The third-order valence-corrected chi connectivity index (χ3v) is 2.50. The predicted octanol–water partition coefficient (Wildman–Crippen LogP) is 1.91. The molecule has 1 aromatic carbocycles. The minimum Gasteiger partial charge on any atom is -0.456 e. The molecule has 0 aliphatic carbocycles. The summed E-state index contributed by atoms with van der Waals surface area (Å²) in [5.41, 5.74) is 1.19. The average Bonchev–Trinajstić information content (AvgIpc) is 2.26. The van der Waals surface area contributed by atoms with Crippen LogP contribution in [-0.4, -0.2) is 18.5 Å². The van der Waals surface area contributed by atoms with Crippen LogP contribution in [0.4, 0.5) is 0 Å². The third-order valence-electron chi connectivity index (χ3n) is 2.16. The molecule has 1 N–H and O–H groups in total. The molecule has 1 rings (SSSR count). The van der Waals surface area contributed by atoms with Crippen molar-refractivity contribution in [1.29, 1.82) is 0 Å². The van der Waals surface area contributed by atoms with Gasteiger partial charge >= 0.3 is 5.97 Å². The van der Waals surface area contributed by atoms with Crippen LogP contribution in [0.15, 0.2) is 24.3 Å². The number of hydrogen-bond acceptors (Lipinski definition) is 3. The highest BCUT2D eigenvalue weighted by Crippen LogP contribution is 2.20. The van der Waals surface area contributed by atoms with Gasteiger partial charge in [-0.3, -0.25) is 9.59 Å². The molecule has 0 aliphatic heterocycles. The first-order chi connectivity index (χ1) is 8.00. The molecule has 0 spiro atoms. The van der Waals surface area contributed by atoms with Gasteiger partial charge in [-0.25, -0.2) is 0 Å². The van der Waals surface area contributed by atoms with Crippen molar-refractivity contribution in [2.24, 2.45) is 0 Å². The first-order valence-corrected chi connectivity index (χ1v) is 5.56. The molecule has 1 unspecified atom stereocenters. The highest BCUT2D eigenvalue weighted by atomic mass is 35.5. The van der Waals surface area contributed by atoms with E-state index >= 15 is 0 Å². The van der Waals surface area contributed by atoms with Gasteiger partial charge < -0.3 is 10.1 Å². The second-order valence-corrected chi connectivity index (χ2v) is 4.00. The molecule has 0 saturated heterocycles. The zero-order valence-electron chi connectivity index (χ0n) is 9.70. The van der Waals surface area contributed by atoms with E-state index in [1.807, 2.05) is 31.2 Å². The summed E-state index contributed by atoms with van der Waals surface area (Å²) in [6.45, 7) is 2.83. The number of benzene rings is 1. The highest BCUT2D eigenvalue weighted by molar-refractivity contribution is 6.21. The summed E-state index contributed by atoms with van der Waals surface area (Å²) in [4.78, 5) is 21.9. The zero-order chi connectivity index (χ0) is 12.8. The number of amides is 1. The Hall–Kier alpha value is -1.55. The van der Waals surface area contributed by atoms with E-state index in [9.17, 15) is 9.59 Å². The van der Waals surface area contributed by atoms with Crippen LogP contribution in [0.5, 0.6) is 0 Å². The summed E-state index contributed by atoms with van der Waals surface area (Å²) in [5, 5.41) is 2.54. The lowest BCUT2D eigenvalue weighted by Gasteiger charge is -2.14. The van der Waals surface area contributed by atoms with Gasteiger partial charge in [0.2, 0.25) is 0 Å². The summed E-state index contributed by atoms with van der Waals surface area (Å²) < 4.78 is 4.56. The van der Waals surface area contributed by atoms with Crippen LogP contribution in [0, 0.1) is 6.92 Å². The Labute approximate surface area is 105 Å². The second-order valence-electron chi connectivity index (χ2n) is 3.57. The van der Waals surface area contributed by atoms with E-state index in [4.69, 9.17) is 11.6 Å². The van der Waals surface area contributed by atoms with E-state index < -0.39 is 17.4 Å². The number of halogens is 1. The van der Waals surface area contributed by atoms with Crippen LogP contribution in [-0.2, 0) is 14.3 Å². The van der Waals surface area contributed by atoms with Crippen molar-refractivity contribution < 1.29 is 14.3 Å². The third kappa shape index (κ3) is 4.44. The summed E-state index contributed by atoms with van der Waals surface area (Å²) in [6, 6.07) is 7.47. The summed E-state index contributed by atoms with van der Waals surface area (Å²) >= 11 is 6.05. The molecule has 1 aromatic rings. The predicted molar refractivity (Wildman–Crippen MR) is 64.5 cm³/mol. The van der Waals surface area contributed by atoms with Gasteiger partial charge in [0.1, 0.15) is 5.50 Å². The van der Waals surface area contributed by atoms with E-state index in [2.05, 4.69) is 10.1 Å². The van der Waals surface area contributed by atoms with Gasteiger partial charge in [0.05, 0.1) is 0 Å². The monoisotopic (exact) mass is 255 g/mol. The van der Waals surface area contributed by atoms with Gasteiger partial charge in [-0.15, -0.1) is 0 Å². The normalized spacial score (nSPS) is 11.7. The SMILES string of the molecule is CC(=O)OCC(=O)NC(Cl)c1ccccc1C. The molecule has 0 radical (unpaired) electrons. The van der Waals surface area contributed by atoms with E-state index in [1.165, 1.54) is 6.92 Å². The maximum atomic E-state index is 11.4. The topological polar surface area (TPSA) is 55.4 Å². The Morgan fingerprint density at radius 1 is 1.41 bits per heavy atom. The number of nitrogens with one attached hydrogen (secondary N) is 1. The smallest absolute Gasteiger partial charge is 0.303 e. The molecule has 0 aliphatic rings. The Kier molecular flexibility index (Phi) is 4.97. The molecule has 1 amide bonds. The van der Waals surface area contributed by atoms with Gasteiger partial charge in [-0.05, 0) is 18.1 Å². The number of carbonyl (C=O) groups is 2. The zero-order valence-corrected chi connectivity index (χ0v) is 10.5. The molecule has 0 heterocycles. The first-order valence-electron chi connectivity index (χ1n) is 5.13. The molecule has 4 nitrogen and oxygen atoms in total. The van der Waals surface area contributed by atoms with Crippen molar-refractivity contribution in [3.8, 4) is 0 Å². The van der Waals surface area contributed by atoms with Crippen molar-refractivity contribution >= 4 is 23.5 Å². The van der Waals surface area contributed by atoms with Crippen LogP contribution in [0.2, 0.25) is 0 Å². The lowest BCUT2D eigenvalue weighted by Crippen LogP contribution is -2.30. The van der Waals surface area contributed by atoms with E-state index in [-0.39, 0.29) is 6.61 Å². The van der Waals surface area contributed by atoms with Crippen molar-refractivity contribution in [2.45, 2.75) is 19.3 Å². The number of esters is 1. The maximum absolute atomic E-state index is 11.4. The Balaban J connectivity index is 2.55. The number of hydrogen-bond donors (Lipinski definition) is 1. The maximum Gasteiger partial charge on any atom is 0.303 e. The van der Waals surface area contributed by atoms with E-state index in [0.717, 1.165) is 11.1 Å². The second kappa shape index (κ2) is 6.25. The molecule has 5 heteroatoms. The largest absolute Gasteiger partial charge is 0.456 e. The standard InChI is InChI=1S/C12H14ClNO3/c1-8-5-3-4-6-10(8)12(13)14-11(16)7-17-9(2)15/h3-6,12H,7H2,1-2H3,(H,14,16). The van der Waals surface area contributed by atoms with Crippen molar-refractivity contribution in [3.63, 3.8) is 0 Å². The lowest BCUT2D eigenvalue weighted by atomic mass is 10.1. The molecule has 0 saturated carbocycles. The Bertz CT molecular complexity index is 420. The first kappa shape index (κ1) is 13.5. The summed E-state index contributed by atoms with van der Waals surface area (Å²) in [6.07, 6.45) is 0. The van der Waals surface area contributed by atoms with Crippen molar-refractivity contribution in [2.75, 3.05) is 6.61 Å². The van der Waals surface area contributed by atoms with Crippen LogP contribution in [0.1, 0.15) is 23.6 Å². The van der Waals surface area contributed by atoms with Crippen LogP contribution in [0.3, 0.4) is 0 Å². The number of rotatable bonds is 4. The number of ether oxygens (including phenoxy) is 1. The molecule has 0 fully saturated rings. The number of aryl methyl sites for hydroxylation is 1. The van der Waals surface area contributed by atoms with Crippen molar-refractivity contribution in [3.05, 3.63) is 35.4 Å². The number of alkyl halides is 1. The van der Waals surface area contributed by atoms with E-state index in [0.29, 0.717) is 0 Å². The summed E-state index contributed by atoms with van der Waals surface area (Å²) in [7, 11) is 0. The van der Waals surface area contributed by atoms with Gasteiger partial charge in [0.15, 0.2) is 6.61 Å². The van der Waals surface area contributed by atoms with Crippen LogP contribution < -0.4 is 5.32 Å². The molecule has 92 valence electrons. The van der Waals surface area contributed by atoms with Crippen LogP contribution in [0.25, 0.3) is 0 Å². The van der Waals surface area contributed by atoms with E-state index in [1.54, 1.807) is 0 Å². The van der Waals surface area contributed by atoms with Gasteiger partial charge in [0, 0.05) is 6.92 Å². The molecule has 0 bridgehead atoms. The average molecular weight is 256 g/mol. The lowest BCUT2D eigenvalue weighted by molar-refractivity contribution is -0.146. The van der Waals surface area contributed by atoms with Crippen molar-refractivity contribution in [1.82, 2.24) is 5.32 Å². The minimum atomic E-state index is -0.626. The fourth-order valence-corrected chi connectivity index (χ4v) is 1.67. The Morgan fingerprint density at radius 2 is 2.06 bits per heavy atom. The van der Waals surface area contributed by atoms with Gasteiger partial charge in [-0.2, -0.15) is 0 Å². The van der Waals surface area contributed by atoms with Crippen LogP contribution >= 0.6 is 11.6 Å². The molecule has 1 atom stereocenters.